The van der Waals surface area contributed by atoms with Crippen LogP contribution in [0, 0.1) is 6.92 Å². The van der Waals surface area contributed by atoms with Gasteiger partial charge in [-0.25, -0.2) is 9.97 Å². The van der Waals surface area contributed by atoms with Crippen LogP contribution in [-0.2, 0) is 0 Å². The second-order valence-electron chi connectivity index (χ2n) is 6.14. The fraction of sp³-hybridized carbons (Fsp3) is 0.190. The first-order valence-electron chi connectivity index (χ1n) is 8.83. The van der Waals surface area contributed by atoms with Crippen molar-refractivity contribution >= 4 is 34.7 Å². The van der Waals surface area contributed by atoms with E-state index in [1.54, 1.807) is 24.4 Å². The van der Waals surface area contributed by atoms with Crippen LogP contribution in [0.15, 0.2) is 54.9 Å². The Hall–Kier alpha value is -3.12. The molecule has 3 aromatic rings. The molecule has 28 heavy (non-hydrogen) atoms. The molecule has 1 N–H and O–H groups in total. The Morgan fingerprint density at radius 2 is 2.00 bits per heavy atom. The second-order valence-corrected chi connectivity index (χ2v) is 6.58. The average molecular weight is 397 g/mol. The quantitative estimate of drug-likeness (QED) is 0.644. The number of hydrogen-bond donors (Lipinski definition) is 1. The van der Waals surface area contributed by atoms with Gasteiger partial charge in [0.25, 0.3) is 5.91 Å². The van der Waals surface area contributed by atoms with Gasteiger partial charge in [-0.3, -0.25) is 4.79 Å². The van der Waals surface area contributed by atoms with Crippen molar-refractivity contribution in [3.8, 4) is 5.75 Å². The third-order valence-electron chi connectivity index (χ3n) is 4.19. The van der Waals surface area contributed by atoms with Crippen LogP contribution in [0.1, 0.15) is 23.0 Å². The highest BCUT2D eigenvalue weighted by atomic mass is 35.5. The number of carbonyl (C=O) groups is 1. The highest BCUT2D eigenvalue weighted by Crippen LogP contribution is 2.28. The summed E-state index contributed by atoms with van der Waals surface area (Å²) in [5.74, 6) is 0.794. The molecule has 1 heterocycles. The van der Waals surface area contributed by atoms with Crippen LogP contribution in [0.4, 0.5) is 17.2 Å². The van der Waals surface area contributed by atoms with Crippen LogP contribution in [-0.4, -0.2) is 29.5 Å². The molecular weight excluding hydrogens is 376 g/mol. The average Bonchev–Trinajstić information content (AvgIpc) is 2.69. The van der Waals surface area contributed by atoms with Gasteiger partial charge in [-0.1, -0.05) is 23.7 Å². The number of anilines is 3. The Labute approximate surface area is 169 Å². The highest BCUT2D eigenvalue weighted by molar-refractivity contribution is 6.31. The summed E-state index contributed by atoms with van der Waals surface area (Å²) < 4.78 is 5.24. The third kappa shape index (κ3) is 4.40. The van der Waals surface area contributed by atoms with E-state index in [0.29, 0.717) is 22.3 Å². The number of ether oxygens (including phenoxy) is 1. The Bertz CT molecular complexity index is 976. The Morgan fingerprint density at radius 1 is 1.18 bits per heavy atom. The lowest BCUT2D eigenvalue weighted by Crippen LogP contribution is -2.19. The third-order valence-corrected chi connectivity index (χ3v) is 4.42. The maximum atomic E-state index is 12.5. The molecule has 0 bridgehead atoms. The summed E-state index contributed by atoms with van der Waals surface area (Å²) in [6.45, 7) is 4.81. The zero-order valence-corrected chi connectivity index (χ0v) is 16.7. The summed E-state index contributed by atoms with van der Waals surface area (Å²) in [5, 5.41) is 3.25. The number of methoxy groups -OCH3 is 1. The van der Waals surface area contributed by atoms with Crippen LogP contribution in [0.2, 0.25) is 5.02 Å². The zero-order chi connectivity index (χ0) is 20.1. The van der Waals surface area contributed by atoms with E-state index >= 15 is 0 Å². The fourth-order valence-corrected chi connectivity index (χ4v) is 2.99. The molecule has 0 aliphatic carbocycles. The smallest absolute Gasteiger partial charge is 0.275 e. The first-order chi connectivity index (χ1) is 13.5. The van der Waals surface area contributed by atoms with E-state index in [0.717, 1.165) is 17.8 Å². The van der Waals surface area contributed by atoms with Crippen molar-refractivity contribution in [1.29, 1.82) is 0 Å². The van der Waals surface area contributed by atoms with Crippen LogP contribution >= 0.6 is 11.6 Å². The molecule has 2 aromatic carbocycles. The second kappa shape index (κ2) is 8.71. The molecule has 1 aromatic heterocycles. The number of nitrogens with one attached hydrogen (secondary N) is 1. The lowest BCUT2D eigenvalue weighted by atomic mass is 10.2. The minimum absolute atomic E-state index is 0.200. The summed E-state index contributed by atoms with van der Waals surface area (Å²) in [7, 11) is 1.53. The van der Waals surface area contributed by atoms with Crippen LogP contribution < -0.4 is 15.0 Å². The van der Waals surface area contributed by atoms with Gasteiger partial charge in [0, 0.05) is 17.3 Å². The zero-order valence-electron chi connectivity index (χ0n) is 15.9. The number of amides is 1. The highest BCUT2D eigenvalue weighted by Gasteiger charge is 2.14. The van der Waals surface area contributed by atoms with Gasteiger partial charge in [0.1, 0.15) is 11.4 Å². The summed E-state index contributed by atoms with van der Waals surface area (Å²) in [6, 6.07) is 13.1. The Morgan fingerprint density at radius 3 is 2.64 bits per heavy atom. The lowest BCUT2D eigenvalue weighted by molar-refractivity contribution is 0.102. The molecule has 0 spiro atoms. The number of halogens is 1. The van der Waals surface area contributed by atoms with Crippen LogP contribution in [0.5, 0.6) is 5.75 Å². The largest absolute Gasteiger partial charge is 0.495 e. The van der Waals surface area contributed by atoms with Gasteiger partial charge in [0.15, 0.2) is 5.82 Å². The Balaban J connectivity index is 1.80. The summed E-state index contributed by atoms with van der Waals surface area (Å²) in [6.07, 6.45) is 3.05. The molecule has 0 saturated carbocycles. The van der Waals surface area contributed by atoms with E-state index in [-0.39, 0.29) is 5.69 Å². The van der Waals surface area contributed by atoms with Crippen molar-refractivity contribution in [2.24, 2.45) is 0 Å². The number of carbonyl (C=O) groups excluding carboxylic acids is 1. The predicted molar refractivity (Wildman–Crippen MR) is 112 cm³/mol. The van der Waals surface area contributed by atoms with Gasteiger partial charge < -0.3 is 15.0 Å². The van der Waals surface area contributed by atoms with E-state index in [1.165, 1.54) is 13.3 Å². The van der Waals surface area contributed by atoms with Crippen molar-refractivity contribution in [3.63, 3.8) is 0 Å². The lowest BCUT2D eigenvalue weighted by Gasteiger charge is -2.22. The summed E-state index contributed by atoms with van der Waals surface area (Å²) in [4.78, 5) is 23.3. The number of aryl methyl sites for hydroxylation is 1. The van der Waals surface area contributed by atoms with E-state index < -0.39 is 5.91 Å². The molecule has 0 fully saturated rings. The number of hydrogen-bond acceptors (Lipinski definition) is 5. The molecule has 0 unspecified atom stereocenters. The predicted octanol–water partition coefficient (Wildman–Crippen LogP) is 4.86. The maximum absolute atomic E-state index is 12.5. The minimum Gasteiger partial charge on any atom is -0.495 e. The Kier molecular flexibility index (Phi) is 6.11. The summed E-state index contributed by atoms with van der Waals surface area (Å²) >= 11 is 6.00. The SMILES string of the molecule is CCN(c1cccc(C)c1)c1cnc(C(=O)Nc2cc(Cl)ccc2OC)cn1. The molecule has 6 nitrogen and oxygen atoms in total. The van der Waals surface area contributed by atoms with Gasteiger partial charge in [-0.15, -0.1) is 0 Å². The maximum Gasteiger partial charge on any atom is 0.275 e. The topological polar surface area (TPSA) is 67.4 Å². The molecule has 7 heteroatoms. The molecule has 0 radical (unpaired) electrons. The molecular formula is C21H21ClN4O2. The molecule has 0 aliphatic rings. The van der Waals surface area contributed by atoms with Gasteiger partial charge in [-0.2, -0.15) is 0 Å². The molecule has 0 atom stereocenters. The van der Waals surface area contributed by atoms with E-state index in [2.05, 4.69) is 21.4 Å². The van der Waals surface area contributed by atoms with Crippen LogP contribution in [0.25, 0.3) is 0 Å². The standard InChI is InChI=1S/C21H21ClN4O2/c1-4-26(16-7-5-6-14(2)10-16)20-13-23-18(12-24-20)21(27)25-17-11-15(22)8-9-19(17)28-3/h5-13H,4H2,1-3H3,(H,25,27). The molecule has 0 aliphatic heterocycles. The molecule has 144 valence electrons. The van der Waals surface area contributed by atoms with Gasteiger partial charge in [0.05, 0.1) is 25.2 Å². The normalized spacial score (nSPS) is 10.4. The van der Waals surface area contributed by atoms with Crippen molar-refractivity contribution in [3.05, 3.63) is 71.1 Å². The number of aromatic nitrogens is 2. The van der Waals surface area contributed by atoms with Gasteiger partial charge in [-0.05, 0) is 49.7 Å². The number of benzene rings is 2. The monoisotopic (exact) mass is 396 g/mol. The first kappa shape index (κ1) is 19.6. The fourth-order valence-electron chi connectivity index (χ4n) is 2.81. The van der Waals surface area contributed by atoms with E-state index in [1.807, 2.05) is 36.9 Å². The van der Waals surface area contributed by atoms with E-state index in [4.69, 9.17) is 16.3 Å². The molecule has 3 rings (SSSR count). The van der Waals surface area contributed by atoms with Crippen molar-refractivity contribution in [1.82, 2.24) is 9.97 Å². The number of nitrogens with zero attached hydrogens (tertiary/aromatic N) is 3. The molecule has 1 amide bonds. The van der Waals surface area contributed by atoms with Gasteiger partial charge >= 0.3 is 0 Å². The molecule has 0 saturated heterocycles. The summed E-state index contributed by atoms with van der Waals surface area (Å²) in [5.41, 5.74) is 2.86. The van der Waals surface area contributed by atoms with Crippen molar-refractivity contribution in [2.45, 2.75) is 13.8 Å². The van der Waals surface area contributed by atoms with Crippen molar-refractivity contribution in [2.75, 3.05) is 23.9 Å². The van der Waals surface area contributed by atoms with Gasteiger partial charge in [0.2, 0.25) is 0 Å². The number of rotatable bonds is 6. The van der Waals surface area contributed by atoms with E-state index in [9.17, 15) is 4.79 Å². The minimum atomic E-state index is -0.391. The first-order valence-corrected chi connectivity index (χ1v) is 9.20. The van der Waals surface area contributed by atoms with Crippen LogP contribution in [0.3, 0.4) is 0 Å². The van der Waals surface area contributed by atoms with Crippen molar-refractivity contribution < 1.29 is 9.53 Å².